The molecule has 23 heavy (non-hydrogen) atoms. The highest BCUT2D eigenvalue weighted by Gasteiger charge is 2.17. The van der Waals surface area contributed by atoms with Crippen LogP contribution in [-0.4, -0.2) is 12.0 Å². The fourth-order valence-corrected chi connectivity index (χ4v) is 2.43. The number of aryl methyl sites for hydroxylation is 4. The van der Waals surface area contributed by atoms with E-state index in [0.29, 0.717) is 0 Å². The Bertz CT molecular complexity index is 735. The smallest absolute Gasteiger partial charge is 0.265 e. The molecular formula is C20H25NO2. The standard InChI is InChI=1S/C20H25NO2/c1-12-9-15(4)16(5)19(10-12)23-17(6)20(22)21-18-8-7-13(2)14(3)11-18/h7-11,17H,1-6H3,(H,21,22)/t17-/m1/s1. The summed E-state index contributed by atoms with van der Waals surface area (Å²) in [5, 5.41) is 2.91. The Kier molecular flexibility index (Phi) is 5.09. The summed E-state index contributed by atoms with van der Waals surface area (Å²) in [5.41, 5.74) is 6.53. The zero-order valence-electron chi connectivity index (χ0n) is 14.8. The van der Waals surface area contributed by atoms with E-state index >= 15 is 0 Å². The van der Waals surface area contributed by atoms with Crippen LogP contribution in [0.5, 0.6) is 5.75 Å². The van der Waals surface area contributed by atoms with Gasteiger partial charge in [0.1, 0.15) is 5.75 Å². The van der Waals surface area contributed by atoms with Crippen molar-refractivity contribution in [3.05, 3.63) is 58.1 Å². The summed E-state index contributed by atoms with van der Waals surface area (Å²) in [5.74, 6) is 0.622. The second-order valence-electron chi connectivity index (χ2n) is 6.25. The third kappa shape index (κ3) is 4.13. The lowest BCUT2D eigenvalue weighted by Crippen LogP contribution is -2.30. The van der Waals surface area contributed by atoms with Crippen LogP contribution in [0.2, 0.25) is 0 Å². The molecular weight excluding hydrogens is 286 g/mol. The number of ether oxygens (including phenoxy) is 1. The molecule has 1 N–H and O–H groups in total. The quantitative estimate of drug-likeness (QED) is 0.893. The van der Waals surface area contributed by atoms with Gasteiger partial charge in [-0.3, -0.25) is 4.79 Å². The Hall–Kier alpha value is -2.29. The van der Waals surface area contributed by atoms with E-state index in [1.807, 2.05) is 45.0 Å². The van der Waals surface area contributed by atoms with Gasteiger partial charge in [-0.15, -0.1) is 0 Å². The molecule has 3 nitrogen and oxygen atoms in total. The van der Waals surface area contributed by atoms with Crippen LogP contribution in [0.3, 0.4) is 0 Å². The third-order valence-electron chi connectivity index (χ3n) is 4.21. The van der Waals surface area contributed by atoms with E-state index in [4.69, 9.17) is 4.74 Å². The molecule has 0 aliphatic carbocycles. The van der Waals surface area contributed by atoms with Crippen LogP contribution < -0.4 is 10.1 Å². The number of carbonyl (C=O) groups excluding carboxylic acids is 1. The molecule has 0 fully saturated rings. The molecule has 0 aliphatic rings. The van der Waals surface area contributed by atoms with Crippen LogP contribution in [0.1, 0.15) is 34.7 Å². The lowest BCUT2D eigenvalue weighted by atomic mass is 10.1. The van der Waals surface area contributed by atoms with Gasteiger partial charge in [0, 0.05) is 5.69 Å². The van der Waals surface area contributed by atoms with Crippen LogP contribution in [0.4, 0.5) is 5.69 Å². The molecule has 0 radical (unpaired) electrons. The number of carbonyl (C=O) groups is 1. The largest absolute Gasteiger partial charge is 0.481 e. The summed E-state index contributed by atoms with van der Waals surface area (Å²) < 4.78 is 5.88. The van der Waals surface area contributed by atoms with Crippen molar-refractivity contribution in [3.8, 4) is 5.75 Å². The molecule has 0 saturated heterocycles. The lowest BCUT2D eigenvalue weighted by molar-refractivity contribution is -0.122. The van der Waals surface area contributed by atoms with Gasteiger partial charge in [-0.05, 0) is 87.6 Å². The van der Waals surface area contributed by atoms with Crippen molar-refractivity contribution in [1.82, 2.24) is 0 Å². The summed E-state index contributed by atoms with van der Waals surface area (Å²) in [7, 11) is 0. The van der Waals surface area contributed by atoms with E-state index < -0.39 is 6.10 Å². The first-order valence-electron chi connectivity index (χ1n) is 7.90. The number of nitrogens with one attached hydrogen (secondary N) is 1. The normalized spacial score (nSPS) is 11.9. The Morgan fingerprint density at radius 2 is 1.65 bits per heavy atom. The van der Waals surface area contributed by atoms with Crippen molar-refractivity contribution in [1.29, 1.82) is 0 Å². The Labute approximate surface area is 138 Å². The van der Waals surface area contributed by atoms with E-state index in [1.54, 1.807) is 6.92 Å². The molecule has 0 bridgehead atoms. The molecule has 0 unspecified atom stereocenters. The number of benzene rings is 2. The average molecular weight is 311 g/mol. The summed E-state index contributed by atoms with van der Waals surface area (Å²) in [6, 6.07) is 9.98. The highest BCUT2D eigenvalue weighted by atomic mass is 16.5. The van der Waals surface area contributed by atoms with Gasteiger partial charge in [0.2, 0.25) is 0 Å². The second kappa shape index (κ2) is 6.86. The third-order valence-corrected chi connectivity index (χ3v) is 4.21. The lowest BCUT2D eigenvalue weighted by Gasteiger charge is -2.18. The van der Waals surface area contributed by atoms with Crippen molar-refractivity contribution in [2.75, 3.05) is 5.32 Å². The van der Waals surface area contributed by atoms with E-state index in [9.17, 15) is 4.79 Å². The molecule has 1 atom stereocenters. The molecule has 2 aromatic rings. The number of hydrogen-bond donors (Lipinski definition) is 1. The van der Waals surface area contributed by atoms with Crippen molar-refractivity contribution in [2.45, 2.75) is 47.6 Å². The number of anilines is 1. The van der Waals surface area contributed by atoms with Gasteiger partial charge in [-0.1, -0.05) is 12.1 Å². The minimum absolute atomic E-state index is 0.146. The van der Waals surface area contributed by atoms with Crippen LogP contribution in [-0.2, 0) is 4.79 Å². The maximum Gasteiger partial charge on any atom is 0.265 e. The minimum atomic E-state index is -0.559. The summed E-state index contributed by atoms with van der Waals surface area (Å²) in [4.78, 5) is 12.4. The van der Waals surface area contributed by atoms with Crippen LogP contribution >= 0.6 is 0 Å². The molecule has 0 heterocycles. The summed E-state index contributed by atoms with van der Waals surface area (Å²) >= 11 is 0. The van der Waals surface area contributed by atoms with Gasteiger partial charge in [0.15, 0.2) is 6.10 Å². The number of hydrogen-bond acceptors (Lipinski definition) is 2. The van der Waals surface area contributed by atoms with Crippen molar-refractivity contribution >= 4 is 11.6 Å². The molecule has 0 aliphatic heterocycles. The predicted molar refractivity (Wildman–Crippen MR) is 95.3 cm³/mol. The fraction of sp³-hybridized carbons (Fsp3) is 0.350. The average Bonchev–Trinajstić information content (AvgIpc) is 2.48. The maximum atomic E-state index is 12.4. The molecule has 3 heteroatoms. The van der Waals surface area contributed by atoms with Gasteiger partial charge >= 0.3 is 0 Å². The highest BCUT2D eigenvalue weighted by molar-refractivity contribution is 5.94. The van der Waals surface area contributed by atoms with Gasteiger partial charge in [-0.25, -0.2) is 0 Å². The van der Waals surface area contributed by atoms with Gasteiger partial charge in [-0.2, -0.15) is 0 Å². The monoisotopic (exact) mass is 311 g/mol. The fourth-order valence-electron chi connectivity index (χ4n) is 2.43. The Balaban J connectivity index is 2.10. The zero-order chi connectivity index (χ0) is 17.1. The van der Waals surface area contributed by atoms with Crippen LogP contribution in [0, 0.1) is 34.6 Å². The molecule has 122 valence electrons. The van der Waals surface area contributed by atoms with Crippen molar-refractivity contribution in [2.24, 2.45) is 0 Å². The molecule has 2 rings (SSSR count). The Morgan fingerprint density at radius 3 is 2.30 bits per heavy atom. The van der Waals surface area contributed by atoms with Gasteiger partial charge < -0.3 is 10.1 Å². The topological polar surface area (TPSA) is 38.3 Å². The minimum Gasteiger partial charge on any atom is -0.481 e. The predicted octanol–water partition coefficient (Wildman–Crippen LogP) is 4.63. The van der Waals surface area contributed by atoms with E-state index in [0.717, 1.165) is 28.1 Å². The first-order chi connectivity index (χ1) is 10.8. The molecule has 0 saturated carbocycles. The second-order valence-corrected chi connectivity index (χ2v) is 6.25. The molecule has 2 aromatic carbocycles. The first-order valence-corrected chi connectivity index (χ1v) is 7.90. The number of amides is 1. The van der Waals surface area contributed by atoms with Crippen LogP contribution in [0.15, 0.2) is 30.3 Å². The highest BCUT2D eigenvalue weighted by Crippen LogP contribution is 2.24. The molecule has 0 spiro atoms. The van der Waals surface area contributed by atoms with Crippen LogP contribution in [0.25, 0.3) is 0 Å². The maximum absolute atomic E-state index is 12.4. The SMILES string of the molecule is Cc1cc(C)c(C)c(O[C@H](C)C(=O)Nc2ccc(C)c(C)c2)c1. The van der Waals surface area contributed by atoms with E-state index in [2.05, 4.69) is 25.2 Å². The Morgan fingerprint density at radius 1 is 0.957 bits per heavy atom. The molecule has 0 aromatic heterocycles. The van der Waals surface area contributed by atoms with Crippen molar-refractivity contribution < 1.29 is 9.53 Å². The van der Waals surface area contributed by atoms with E-state index in [-0.39, 0.29) is 5.91 Å². The zero-order valence-corrected chi connectivity index (χ0v) is 14.8. The first kappa shape index (κ1) is 17.1. The van der Waals surface area contributed by atoms with Gasteiger partial charge in [0.05, 0.1) is 0 Å². The van der Waals surface area contributed by atoms with Gasteiger partial charge in [0.25, 0.3) is 5.91 Å². The molecule has 1 amide bonds. The summed E-state index contributed by atoms with van der Waals surface area (Å²) in [6.45, 7) is 11.9. The summed E-state index contributed by atoms with van der Waals surface area (Å²) in [6.07, 6.45) is -0.559. The number of rotatable bonds is 4. The van der Waals surface area contributed by atoms with E-state index in [1.165, 1.54) is 11.1 Å². The van der Waals surface area contributed by atoms with Crippen molar-refractivity contribution in [3.63, 3.8) is 0 Å².